The molecule has 0 radical (unpaired) electrons. The van der Waals surface area contributed by atoms with E-state index in [1.54, 1.807) is 23.7 Å². The molecule has 0 fully saturated rings. The van der Waals surface area contributed by atoms with Crippen LogP contribution in [0.3, 0.4) is 0 Å². The van der Waals surface area contributed by atoms with Crippen LogP contribution in [0, 0.1) is 5.21 Å². The zero-order valence-corrected chi connectivity index (χ0v) is 15.4. The summed E-state index contributed by atoms with van der Waals surface area (Å²) in [6.45, 7) is 0.168. The predicted octanol–water partition coefficient (Wildman–Crippen LogP) is 1.37. The summed E-state index contributed by atoms with van der Waals surface area (Å²) < 4.78 is 34.9. The molecule has 1 amide bonds. The minimum atomic E-state index is -4.11. The molecular weight excluding hydrogens is 378 g/mol. The van der Waals surface area contributed by atoms with E-state index < -0.39 is 20.8 Å². The number of hydroxylamine groups is 1. The topological polar surface area (TPSA) is 146 Å². The van der Waals surface area contributed by atoms with Crippen LogP contribution in [0.4, 0.5) is 0 Å². The van der Waals surface area contributed by atoms with E-state index in [1.807, 2.05) is 0 Å². The van der Waals surface area contributed by atoms with E-state index in [2.05, 4.69) is 9.79 Å². The fourth-order valence-electron chi connectivity index (χ4n) is 2.38. The minimum absolute atomic E-state index is 0.0606. The van der Waals surface area contributed by atoms with Crippen molar-refractivity contribution in [2.75, 3.05) is 6.61 Å². The molecule has 0 aliphatic heterocycles. The van der Waals surface area contributed by atoms with Crippen LogP contribution in [0.2, 0.25) is 0 Å². The summed E-state index contributed by atoms with van der Waals surface area (Å²) in [5, 5.41) is 22.8. The highest BCUT2D eigenvalue weighted by Crippen LogP contribution is 2.25. The lowest BCUT2D eigenvalue weighted by atomic mass is 10.1. The van der Waals surface area contributed by atoms with Gasteiger partial charge in [0.1, 0.15) is 0 Å². The zero-order chi connectivity index (χ0) is 19.7. The molecule has 0 bridgehead atoms. The van der Waals surface area contributed by atoms with Crippen LogP contribution in [0.15, 0.2) is 44.9 Å². The van der Waals surface area contributed by atoms with Gasteiger partial charge in [0.2, 0.25) is 5.91 Å². The Morgan fingerprint density at radius 3 is 2.56 bits per heavy atom. The summed E-state index contributed by atoms with van der Waals surface area (Å²) in [5.74, 6) is -0.782. The number of ether oxygens (including phenoxy) is 1. The highest BCUT2D eigenvalue weighted by Gasteiger charge is 2.35. The second kappa shape index (κ2) is 9.88. The number of rotatable bonds is 11. The number of nitrogens with one attached hydrogen (secondary N) is 1. The summed E-state index contributed by atoms with van der Waals surface area (Å²) in [7, 11) is -4.11. The molecule has 2 rings (SSSR count). The fraction of sp³-hybridized carbons (Fsp3) is 0.438. The van der Waals surface area contributed by atoms with E-state index in [-0.39, 0.29) is 28.7 Å². The Morgan fingerprint density at radius 2 is 1.85 bits per heavy atom. The first-order valence-electron chi connectivity index (χ1n) is 8.42. The van der Waals surface area contributed by atoms with Gasteiger partial charge in [-0.15, -0.1) is 0 Å². The first kappa shape index (κ1) is 20.6. The van der Waals surface area contributed by atoms with Crippen molar-refractivity contribution < 1.29 is 32.7 Å². The van der Waals surface area contributed by atoms with Crippen molar-refractivity contribution in [3.05, 3.63) is 35.5 Å². The second-order valence-electron chi connectivity index (χ2n) is 5.76. The molecule has 0 atom stereocenters. The minimum Gasteiger partial charge on any atom is -0.454 e. The number of nitrogens with zero attached hydrogens (tertiary/aromatic N) is 2. The molecule has 2 aromatic rings. The molecule has 1 heterocycles. The van der Waals surface area contributed by atoms with Gasteiger partial charge in [-0.2, -0.15) is 0 Å². The molecule has 11 heteroatoms. The number of aromatic nitrogens is 2. The number of unbranched alkanes of at least 4 members (excludes halogenated alkanes) is 4. The van der Waals surface area contributed by atoms with E-state index in [9.17, 15) is 18.4 Å². The molecule has 1 aromatic heterocycles. The third kappa shape index (κ3) is 5.66. The maximum Gasteiger partial charge on any atom is 0.414 e. The van der Waals surface area contributed by atoms with Crippen LogP contribution in [0.5, 0.6) is 5.88 Å². The maximum atomic E-state index is 12.6. The van der Waals surface area contributed by atoms with Crippen molar-refractivity contribution in [2.45, 2.75) is 48.4 Å². The van der Waals surface area contributed by atoms with Gasteiger partial charge in [-0.3, -0.25) is 14.6 Å². The molecular formula is C16H21N3O7S. The van der Waals surface area contributed by atoms with Crippen molar-refractivity contribution in [3.8, 4) is 5.88 Å². The molecule has 10 nitrogen and oxygen atoms in total. The van der Waals surface area contributed by atoms with Gasteiger partial charge in [-0.1, -0.05) is 37.5 Å². The Bertz CT molecular complexity index is 837. The summed E-state index contributed by atoms with van der Waals surface area (Å²) in [5.41, 5.74) is 1.57. The molecule has 0 unspecified atom stereocenters. The smallest absolute Gasteiger partial charge is 0.414 e. The Balaban J connectivity index is 1.84. The van der Waals surface area contributed by atoms with Gasteiger partial charge in [-0.25, -0.2) is 13.9 Å². The Hall–Kier alpha value is -2.66. The van der Waals surface area contributed by atoms with Crippen molar-refractivity contribution in [3.63, 3.8) is 0 Å². The average Bonchev–Trinajstić information content (AvgIpc) is 3.05. The van der Waals surface area contributed by atoms with Gasteiger partial charge in [0.15, 0.2) is 0 Å². The Morgan fingerprint density at radius 1 is 1.19 bits per heavy atom. The highest BCUT2D eigenvalue weighted by molar-refractivity contribution is 7.91. The first-order chi connectivity index (χ1) is 13.0. The zero-order valence-electron chi connectivity index (χ0n) is 14.5. The summed E-state index contributed by atoms with van der Waals surface area (Å²) in [6.07, 6.45) is 3.98. The lowest BCUT2D eigenvalue weighted by Gasteiger charge is -2.04. The molecule has 1 aromatic carbocycles. The number of carbonyl (C=O) groups excluding carboxylic acids is 1. The molecule has 0 aliphatic carbocycles. The third-order valence-electron chi connectivity index (χ3n) is 3.77. The number of hydrogen-bond donors (Lipinski definition) is 2. The van der Waals surface area contributed by atoms with Gasteiger partial charge in [-0.05, 0) is 29.9 Å². The fourth-order valence-corrected chi connectivity index (χ4v) is 3.68. The highest BCUT2D eigenvalue weighted by atomic mass is 32.2. The van der Waals surface area contributed by atoms with Crippen molar-refractivity contribution >= 4 is 15.7 Å². The van der Waals surface area contributed by atoms with Crippen molar-refractivity contribution in [2.24, 2.45) is 0 Å². The molecule has 0 spiro atoms. The van der Waals surface area contributed by atoms with Crippen LogP contribution in [-0.4, -0.2) is 31.3 Å². The molecule has 2 N–H and O–H groups in total. The number of sulfone groups is 1. The molecule has 27 heavy (non-hydrogen) atoms. The monoisotopic (exact) mass is 399 g/mol. The number of benzene rings is 1. The summed E-state index contributed by atoms with van der Waals surface area (Å²) in [6, 6.07) is 7.47. The molecule has 0 aliphatic rings. The van der Waals surface area contributed by atoms with Crippen LogP contribution in [-0.2, 0) is 14.6 Å². The van der Waals surface area contributed by atoms with E-state index in [4.69, 9.17) is 9.94 Å². The lowest BCUT2D eigenvalue weighted by Crippen LogP contribution is -2.30. The normalized spacial score (nSPS) is 11.3. The first-order valence-corrected chi connectivity index (χ1v) is 9.90. The lowest BCUT2D eigenvalue weighted by molar-refractivity contribution is -0.832. The van der Waals surface area contributed by atoms with Crippen LogP contribution < -0.4 is 15.1 Å². The number of amides is 1. The number of carbonyl (C=O) groups is 1. The summed E-state index contributed by atoms with van der Waals surface area (Å²) in [4.78, 5) is 10.6. The average molecular weight is 399 g/mol. The standard InChI is InChI=1S/C16H21N3O7S/c20-14(17-21)11-7-2-1-3-8-12-25-15-16(19(22)26-18-15)27(23,24)13-9-5-4-6-10-13/h4-6,9-10,21H,1-3,7-8,11-12H2,(H,17,20). The van der Waals surface area contributed by atoms with Crippen LogP contribution >= 0.6 is 0 Å². The van der Waals surface area contributed by atoms with Crippen LogP contribution in [0.25, 0.3) is 0 Å². The Kier molecular flexibility index (Phi) is 7.55. The molecule has 148 valence electrons. The largest absolute Gasteiger partial charge is 0.454 e. The third-order valence-corrected chi connectivity index (χ3v) is 5.49. The van der Waals surface area contributed by atoms with Gasteiger partial charge >= 0.3 is 10.9 Å². The predicted molar refractivity (Wildman–Crippen MR) is 90.5 cm³/mol. The summed E-state index contributed by atoms with van der Waals surface area (Å²) >= 11 is 0. The van der Waals surface area contributed by atoms with Crippen molar-refractivity contribution in [1.82, 2.24) is 10.6 Å². The van der Waals surface area contributed by atoms with Gasteiger partial charge in [0.25, 0.3) is 9.84 Å². The molecule has 0 saturated carbocycles. The van der Waals surface area contributed by atoms with Crippen LogP contribution in [0.1, 0.15) is 38.5 Å². The van der Waals surface area contributed by atoms with Gasteiger partial charge < -0.3 is 9.94 Å². The van der Waals surface area contributed by atoms with Crippen molar-refractivity contribution in [1.29, 1.82) is 0 Å². The SMILES string of the molecule is O=C(CCCCCCCOc1no[n+]([O-])c1S(=O)(=O)c1ccccc1)NO. The van der Waals surface area contributed by atoms with E-state index in [0.29, 0.717) is 12.8 Å². The van der Waals surface area contributed by atoms with E-state index in [0.717, 1.165) is 19.3 Å². The van der Waals surface area contributed by atoms with E-state index >= 15 is 0 Å². The number of hydrogen-bond acceptors (Lipinski definition) is 8. The van der Waals surface area contributed by atoms with Gasteiger partial charge in [0, 0.05) is 6.42 Å². The maximum absolute atomic E-state index is 12.6. The van der Waals surface area contributed by atoms with Gasteiger partial charge in [0.05, 0.1) is 16.7 Å². The van der Waals surface area contributed by atoms with E-state index in [1.165, 1.54) is 12.1 Å². The second-order valence-corrected chi connectivity index (χ2v) is 7.62. The quantitative estimate of drug-likeness (QED) is 0.249. The Labute approximate surface area is 156 Å². The molecule has 0 saturated heterocycles.